The minimum Gasteiger partial charge on any atom is -0.488 e. The van der Waals surface area contributed by atoms with Crippen LogP contribution in [0.2, 0.25) is 0 Å². The van der Waals surface area contributed by atoms with Crippen molar-refractivity contribution >= 4 is 28.4 Å². The van der Waals surface area contributed by atoms with E-state index in [-0.39, 0.29) is 5.91 Å². The highest BCUT2D eigenvalue weighted by Crippen LogP contribution is 2.29. The van der Waals surface area contributed by atoms with Crippen LogP contribution in [0.4, 0.5) is 5.69 Å². The van der Waals surface area contributed by atoms with Crippen LogP contribution in [0.1, 0.15) is 40.4 Å². The fraction of sp³-hybridized carbons (Fsp3) is 0.167. The highest BCUT2D eigenvalue weighted by molar-refractivity contribution is 5.95. The lowest BCUT2D eigenvalue weighted by molar-refractivity contribution is 0.0963. The van der Waals surface area contributed by atoms with Gasteiger partial charge in [-0.3, -0.25) is 4.79 Å². The van der Waals surface area contributed by atoms with Crippen molar-refractivity contribution < 1.29 is 9.53 Å². The third-order valence-corrected chi connectivity index (χ3v) is 5.53. The lowest BCUT2D eigenvalue weighted by atomic mass is 10.0. The van der Waals surface area contributed by atoms with Crippen LogP contribution in [-0.4, -0.2) is 13.0 Å². The minimum atomic E-state index is -0.0673. The number of anilines is 1. The Hall–Kier alpha value is -4.05. The van der Waals surface area contributed by atoms with Gasteiger partial charge in [-0.15, -0.1) is 0 Å². The molecule has 0 aliphatic rings. The molecule has 34 heavy (non-hydrogen) atoms. The maximum Gasteiger partial charge on any atom is 0.251 e. The summed E-state index contributed by atoms with van der Waals surface area (Å²) in [5, 5.41) is 4.89. The summed E-state index contributed by atoms with van der Waals surface area (Å²) < 4.78 is 5.97. The molecular formula is C30H32N2O2. The Kier molecular flexibility index (Phi) is 8.87. The molecule has 0 aliphatic heterocycles. The number of aryl methyl sites for hydroxylation is 1. The highest BCUT2D eigenvalue weighted by Gasteiger charge is 2.06. The van der Waals surface area contributed by atoms with E-state index in [9.17, 15) is 4.79 Å². The van der Waals surface area contributed by atoms with Crippen LogP contribution in [0.25, 0.3) is 16.8 Å². The van der Waals surface area contributed by atoms with Crippen LogP contribution < -0.4 is 15.8 Å². The zero-order valence-corrected chi connectivity index (χ0v) is 19.9. The molecule has 0 aromatic heterocycles. The largest absolute Gasteiger partial charge is 0.488 e. The number of ether oxygens (including phenoxy) is 1. The summed E-state index contributed by atoms with van der Waals surface area (Å²) in [4.78, 5) is 11.3. The van der Waals surface area contributed by atoms with E-state index in [2.05, 4.69) is 49.2 Å². The van der Waals surface area contributed by atoms with Gasteiger partial charge in [-0.2, -0.15) is 0 Å². The van der Waals surface area contributed by atoms with Gasteiger partial charge >= 0.3 is 0 Å². The van der Waals surface area contributed by atoms with Gasteiger partial charge in [0.2, 0.25) is 0 Å². The number of amides is 1. The molecule has 4 aromatic rings. The fourth-order valence-corrected chi connectivity index (χ4v) is 3.71. The Labute approximate surface area is 202 Å². The maximum atomic E-state index is 11.3. The standard InChI is InChI=1S/C19H16O.C11H16N2O/c1-2-16-12-13-19(18-11-7-6-10-17(16)18)20-14-15-8-4-3-5-9-15;1-3-4-8-7-9(11(14)13-2)5-6-10(8)12/h2-13H,1,14H2;5-7H,3-4,12H2,1-2H3,(H,13,14). The lowest BCUT2D eigenvalue weighted by Gasteiger charge is -2.11. The first-order valence-corrected chi connectivity index (χ1v) is 11.5. The molecule has 4 heteroatoms. The van der Waals surface area contributed by atoms with E-state index in [1.165, 1.54) is 10.9 Å². The van der Waals surface area contributed by atoms with Gasteiger partial charge in [0.1, 0.15) is 12.4 Å². The summed E-state index contributed by atoms with van der Waals surface area (Å²) in [5.41, 5.74) is 10.6. The quantitative estimate of drug-likeness (QED) is 0.309. The average molecular weight is 453 g/mol. The topological polar surface area (TPSA) is 64.3 Å². The first-order chi connectivity index (χ1) is 16.6. The highest BCUT2D eigenvalue weighted by atomic mass is 16.5. The summed E-state index contributed by atoms with van der Waals surface area (Å²) in [7, 11) is 1.62. The molecule has 0 saturated carbocycles. The molecule has 4 nitrogen and oxygen atoms in total. The fourth-order valence-electron chi connectivity index (χ4n) is 3.71. The van der Waals surface area contributed by atoms with Crippen LogP contribution >= 0.6 is 0 Å². The molecule has 0 heterocycles. The second kappa shape index (κ2) is 12.3. The van der Waals surface area contributed by atoms with Crippen molar-refractivity contribution in [3.63, 3.8) is 0 Å². The summed E-state index contributed by atoms with van der Waals surface area (Å²) >= 11 is 0. The predicted octanol–water partition coefficient (Wildman–Crippen LogP) is 6.64. The Morgan fingerprint density at radius 3 is 2.35 bits per heavy atom. The summed E-state index contributed by atoms with van der Waals surface area (Å²) in [6, 6.07) is 27.9. The van der Waals surface area contributed by atoms with Crippen molar-refractivity contribution in [1.82, 2.24) is 5.32 Å². The SMILES string of the molecule is C=Cc1ccc(OCc2ccccc2)c2ccccc12.CCCc1cc(C(=O)NC)ccc1N. The molecule has 0 saturated heterocycles. The van der Waals surface area contributed by atoms with Crippen LogP contribution in [0.15, 0.2) is 91.5 Å². The van der Waals surface area contributed by atoms with Crippen molar-refractivity contribution in [1.29, 1.82) is 0 Å². The zero-order valence-electron chi connectivity index (χ0n) is 19.9. The second-order valence-electron chi connectivity index (χ2n) is 7.92. The lowest BCUT2D eigenvalue weighted by Crippen LogP contribution is -2.18. The van der Waals surface area contributed by atoms with E-state index in [0.717, 1.165) is 40.8 Å². The summed E-state index contributed by atoms with van der Waals surface area (Å²) in [5.74, 6) is 0.845. The van der Waals surface area contributed by atoms with Gasteiger partial charge in [-0.25, -0.2) is 0 Å². The van der Waals surface area contributed by atoms with Gasteiger partial charge in [-0.1, -0.05) is 86.7 Å². The molecule has 0 aliphatic carbocycles. The molecule has 0 atom stereocenters. The van der Waals surface area contributed by atoms with E-state index in [0.29, 0.717) is 12.2 Å². The number of nitrogen functional groups attached to an aromatic ring is 1. The molecule has 0 radical (unpaired) electrons. The van der Waals surface area contributed by atoms with Gasteiger partial charge in [0, 0.05) is 23.7 Å². The zero-order chi connectivity index (χ0) is 24.3. The average Bonchev–Trinajstić information content (AvgIpc) is 2.89. The van der Waals surface area contributed by atoms with Crippen LogP contribution in [0, 0.1) is 0 Å². The molecule has 174 valence electrons. The molecule has 0 spiro atoms. The van der Waals surface area contributed by atoms with Gasteiger partial charge in [0.15, 0.2) is 0 Å². The smallest absolute Gasteiger partial charge is 0.251 e. The van der Waals surface area contributed by atoms with Crippen molar-refractivity contribution in [2.45, 2.75) is 26.4 Å². The third kappa shape index (κ3) is 6.26. The van der Waals surface area contributed by atoms with Gasteiger partial charge < -0.3 is 15.8 Å². The number of hydrogen-bond donors (Lipinski definition) is 2. The van der Waals surface area contributed by atoms with Gasteiger partial charge in [-0.05, 0) is 52.8 Å². The van der Waals surface area contributed by atoms with Crippen LogP contribution in [0.3, 0.4) is 0 Å². The number of fused-ring (bicyclic) bond motifs is 1. The van der Waals surface area contributed by atoms with E-state index in [1.54, 1.807) is 19.2 Å². The second-order valence-corrected chi connectivity index (χ2v) is 7.92. The van der Waals surface area contributed by atoms with E-state index in [4.69, 9.17) is 10.5 Å². The monoisotopic (exact) mass is 452 g/mol. The first kappa shape index (κ1) is 24.6. The Morgan fingerprint density at radius 2 is 1.68 bits per heavy atom. The van der Waals surface area contributed by atoms with Crippen molar-refractivity contribution in [3.05, 3.63) is 114 Å². The molecule has 0 bridgehead atoms. The van der Waals surface area contributed by atoms with Gasteiger partial charge in [0.25, 0.3) is 5.91 Å². The van der Waals surface area contributed by atoms with Crippen molar-refractivity contribution in [3.8, 4) is 5.75 Å². The number of benzene rings is 4. The van der Waals surface area contributed by atoms with E-state index >= 15 is 0 Å². The molecule has 4 aromatic carbocycles. The third-order valence-electron chi connectivity index (χ3n) is 5.53. The van der Waals surface area contributed by atoms with Crippen LogP contribution in [-0.2, 0) is 13.0 Å². The Morgan fingerprint density at radius 1 is 0.971 bits per heavy atom. The normalized spacial score (nSPS) is 10.2. The predicted molar refractivity (Wildman–Crippen MR) is 143 cm³/mol. The van der Waals surface area contributed by atoms with E-state index < -0.39 is 0 Å². The van der Waals surface area contributed by atoms with E-state index in [1.807, 2.05) is 48.5 Å². The molecule has 4 rings (SSSR count). The number of carbonyl (C=O) groups is 1. The number of nitrogens with two attached hydrogens (primary N) is 1. The summed E-state index contributed by atoms with van der Waals surface area (Å²) in [6.07, 6.45) is 3.82. The molecule has 1 amide bonds. The molecule has 0 fully saturated rings. The maximum absolute atomic E-state index is 11.3. The molecule has 0 unspecified atom stereocenters. The summed E-state index contributed by atoms with van der Waals surface area (Å²) in [6.45, 7) is 6.53. The number of hydrogen-bond acceptors (Lipinski definition) is 3. The number of nitrogens with one attached hydrogen (secondary N) is 1. The minimum absolute atomic E-state index is 0.0673. The Bertz CT molecular complexity index is 1250. The molecule has 3 N–H and O–H groups in total. The molecular weight excluding hydrogens is 420 g/mol. The van der Waals surface area contributed by atoms with Crippen molar-refractivity contribution in [2.75, 3.05) is 12.8 Å². The first-order valence-electron chi connectivity index (χ1n) is 11.5. The van der Waals surface area contributed by atoms with Crippen molar-refractivity contribution in [2.24, 2.45) is 0 Å². The number of carbonyl (C=O) groups excluding carboxylic acids is 1. The Balaban J connectivity index is 0.000000204. The van der Waals surface area contributed by atoms with Crippen LogP contribution in [0.5, 0.6) is 5.75 Å². The number of rotatable bonds is 7. The van der Waals surface area contributed by atoms with Gasteiger partial charge in [0.05, 0.1) is 0 Å².